The maximum Gasteiger partial charge on any atom is 0.308 e. The summed E-state index contributed by atoms with van der Waals surface area (Å²) >= 11 is 0. The van der Waals surface area contributed by atoms with Crippen molar-refractivity contribution in [1.29, 1.82) is 0 Å². The van der Waals surface area contributed by atoms with Gasteiger partial charge in [-0.1, -0.05) is 12.2 Å². The van der Waals surface area contributed by atoms with E-state index in [1.54, 1.807) is 19.1 Å². The van der Waals surface area contributed by atoms with Gasteiger partial charge in [-0.15, -0.1) is 0 Å². The van der Waals surface area contributed by atoms with Crippen LogP contribution in [-0.4, -0.2) is 35.5 Å². The second kappa shape index (κ2) is 6.62. The Morgan fingerprint density at radius 3 is 2.62 bits per heavy atom. The highest BCUT2D eigenvalue weighted by molar-refractivity contribution is 5.69. The fourth-order valence-corrected chi connectivity index (χ4v) is 0.939. The molecule has 0 aliphatic heterocycles. The molecule has 0 aliphatic rings. The zero-order valence-corrected chi connectivity index (χ0v) is 7.93. The molecular weight excluding hydrogens is 172 g/mol. The molecule has 0 fully saturated rings. The number of ether oxygens (including phenoxy) is 1. The summed E-state index contributed by atoms with van der Waals surface area (Å²) in [5.41, 5.74) is 0. The van der Waals surface area contributed by atoms with Crippen molar-refractivity contribution < 1.29 is 19.7 Å². The maximum atomic E-state index is 10.7. The molecule has 0 heterocycles. The Morgan fingerprint density at radius 2 is 2.15 bits per heavy atom. The maximum absolute atomic E-state index is 10.7. The predicted molar refractivity (Wildman–Crippen MR) is 48.1 cm³/mol. The van der Waals surface area contributed by atoms with Crippen molar-refractivity contribution in [3.05, 3.63) is 12.2 Å². The van der Waals surface area contributed by atoms with Crippen molar-refractivity contribution in [2.24, 2.45) is 0 Å². The minimum atomic E-state index is -0.848. The van der Waals surface area contributed by atoms with E-state index in [2.05, 4.69) is 4.74 Å². The van der Waals surface area contributed by atoms with Gasteiger partial charge >= 0.3 is 5.97 Å². The van der Waals surface area contributed by atoms with E-state index in [0.29, 0.717) is 0 Å². The number of carbonyl (C=O) groups excluding carboxylic acids is 1. The van der Waals surface area contributed by atoms with Gasteiger partial charge in [0.25, 0.3) is 0 Å². The summed E-state index contributed by atoms with van der Waals surface area (Å²) in [5, 5.41) is 18.5. The number of allylic oxidation sites excluding steroid dienone is 1. The van der Waals surface area contributed by atoms with Gasteiger partial charge in [0.15, 0.2) is 0 Å². The molecular formula is C9H16O4. The Labute approximate surface area is 77.8 Å². The average Bonchev–Trinajstić information content (AvgIpc) is 2.04. The molecule has 2 atom stereocenters. The molecule has 0 spiro atoms. The van der Waals surface area contributed by atoms with Crippen LogP contribution in [0.1, 0.15) is 19.8 Å². The van der Waals surface area contributed by atoms with Gasteiger partial charge in [-0.3, -0.25) is 4.79 Å². The van der Waals surface area contributed by atoms with Gasteiger partial charge in [-0.25, -0.2) is 0 Å². The van der Waals surface area contributed by atoms with Gasteiger partial charge in [-0.2, -0.15) is 0 Å². The van der Waals surface area contributed by atoms with Gasteiger partial charge in [0.2, 0.25) is 0 Å². The Hall–Kier alpha value is -0.870. The van der Waals surface area contributed by atoms with Crippen LogP contribution in [0.3, 0.4) is 0 Å². The van der Waals surface area contributed by atoms with Crippen LogP contribution in [0.15, 0.2) is 12.2 Å². The summed E-state index contributed by atoms with van der Waals surface area (Å²) in [5.74, 6) is -0.472. The van der Waals surface area contributed by atoms with E-state index in [4.69, 9.17) is 0 Å². The highest BCUT2D eigenvalue weighted by Gasteiger charge is 2.13. The van der Waals surface area contributed by atoms with Crippen LogP contribution in [0.25, 0.3) is 0 Å². The molecule has 0 saturated heterocycles. The van der Waals surface area contributed by atoms with Gasteiger partial charge in [0, 0.05) is 6.42 Å². The summed E-state index contributed by atoms with van der Waals surface area (Å²) in [6, 6.07) is 0. The first-order valence-electron chi connectivity index (χ1n) is 4.16. The Balaban J connectivity index is 3.73. The lowest BCUT2D eigenvalue weighted by molar-refractivity contribution is -0.143. The smallest absolute Gasteiger partial charge is 0.308 e. The number of hydrogen-bond acceptors (Lipinski definition) is 4. The van der Waals surface area contributed by atoms with E-state index >= 15 is 0 Å². The summed E-state index contributed by atoms with van der Waals surface area (Å²) in [4.78, 5) is 10.7. The molecule has 4 heteroatoms. The third-order valence-corrected chi connectivity index (χ3v) is 1.56. The standard InChI is InChI=1S/C9H16O4/c1-3-4-7(10)5-8(11)6-9(12)13-2/h3-4,7-8,10-11H,5-6H2,1-2H3/b4-3+/t7-,8+/m1/s1. The molecule has 0 rings (SSSR count). The predicted octanol–water partition coefficient (Wildman–Crippen LogP) is 0.237. The lowest BCUT2D eigenvalue weighted by Gasteiger charge is -2.11. The van der Waals surface area contributed by atoms with Crippen LogP contribution < -0.4 is 0 Å². The fraction of sp³-hybridized carbons (Fsp3) is 0.667. The van der Waals surface area contributed by atoms with Crippen LogP contribution in [0.4, 0.5) is 0 Å². The monoisotopic (exact) mass is 188 g/mol. The minimum Gasteiger partial charge on any atom is -0.469 e. The Bertz CT molecular complexity index is 176. The molecule has 0 saturated carbocycles. The average molecular weight is 188 g/mol. The summed E-state index contributed by atoms with van der Waals surface area (Å²) in [7, 11) is 1.26. The van der Waals surface area contributed by atoms with Crippen molar-refractivity contribution in [3.63, 3.8) is 0 Å². The number of hydrogen-bond donors (Lipinski definition) is 2. The molecule has 2 N–H and O–H groups in total. The van der Waals surface area contributed by atoms with E-state index in [1.807, 2.05) is 0 Å². The van der Waals surface area contributed by atoms with Crippen molar-refractivity contribution >= 4 is 5.97 Å². The first-order valence-corrected chi connectivity index (χ1v) is 4.16. The zero-order valence-electron chi connectivity index (χ0n) is 7.93. The number of esters is 1. The molecule has 4 nitrogen and oxygen atoms in total. The van der Waals surface area contributed by atoms with Crippen molar-refractivity contribution in [1.82, 2.24) is 0 Å². The fourth-order valence-electron chi connectivity index (χ4n) is 0.939. The van der Waals surface area contributed by atoms with E-state index in [-0.39, 0.29) is 12.8 Å². The van der Waals surface area contributed by atoms with E-state index in [0.717, 1.165) is 0 Å². The minimum absolute atomic E-state index is 0.0783. The Kier molecular flexibility index (Phi) is 6.18. The second-order valence-corrected chi connectivity index (χ2v) is 2.76. The summed E-state index contributed by atoms with van der Waals surface area (Å²) in [6.07, 6.45) is 1.77. The van der Waals surface area contributed by atoms with Crippen LogP contribution in [0.2, 0.25) is 0 Å². The van der Waals surface area contributed by atoms with Crippen molar-refractivity contribution in [2.75, 3.05) is 7.11 Å². The summed E-state index contributed by atoms with van der Waals surface area (Å²) in [6.45, 7) is 1.77. The van der Waals surface area contributed by atoms with Gasteiger partial charge < -0.3 is 14.9 Å². The third-order valence-electron chi connectivity index (χ3n) is 1.56. The molecule has 13 heavy (non-hydrogen) atoms. The summed E-state index contributed by atoms with van der Waals surface area (Å²) < 4.78 is 4.36. The molecule has 0 aromatic rings. The van der Waals surface area contributed by atoms with Crippen molar-refractivity contribution in [3.8, 4) is 0 Å². The number of methoxy groups -OCH3 is 1. The third kappa shape index (κ3) is 6.31. The van der Waals surface area contributed by atoms with Crippen LogP contribution >= 0.6 is 0 Å². The zero-order chi connectivity index (χ0) is 10.3. The molecule has 0 radical (unpaired) electrons. The lowest BCUT2D eigenvalue weighted by atomic mass is 10.1. The van der Waals surface area contributed by atoms with E-state index in [9.17, 15) is 15.0 Å². The molecule has 76 valence electrons. The van der Waals surface area contributed by atoms with Gasteiger partial charge in [0.1, 0.15) is 0 Å². The topological polar surface area (TPSA) is 66.8 Å². The van der Waals surface area contributed by atoms with Crippen LogP contribution in [0, 0.1) is 0 Å². The molecule has 0 aromatic carbocycles. The lowest BCUT2D eigenvalue weighted by Crippen LogP contribution is -2.20. The van der Waals surface area contributed by atoms with Crippen molar-refractivity contribution in [2.45, 2.75) is 32.0 Å². The largest absolute Gasteiger partial charge is 0.469 e. The number of aliphatic hydroxyl groups is 2. The van der Waals surface area contributed by atoms with Gasteiger partial charge in [-0.05, 0) is 6.92 Å². The number of aliphatic hydroxyl groups excluding tert-OH is 2. The number of carbonyl (C=O) groups is 1. The van der Waals surface area contributed by atoms with Crippen LogP contribution in [0.5, 0.6) is 0 Å². The normalized spacial score (nSPS) is 15.7. The molecule has 0 unspecified atom stereocenters. The molecule has 0 aliphatic carbocycles. The highest BCUT2D eigenvalue weighted by Crippen LogP contribution is 2.04. The molecule has 0 bridgehead atoms. The number of rotatable bonds is 5. The van der Waals surface area contributed by atoms with Crippen LogP contribution in [-0.2, 0) is 9.53 Å². The second-order valence-electron chi connectivity index (χ2n) is 2.76. The quantitative estimate of drug-likeness (QED) is 0.479. The van der Waals surface area contributed by atoms with E-state index < -0.39 is 18.2 Å². The van der Waals surface area contributed by atoms with E-state index in [1.165, 1.54) is 7.11 Å². The van der Waals surface area contributed by atoms with Gasteiger partial charge in [0.05, 0.1) is 25.7 Å². The highest BCUT2D eigenvalue weighted by atomic mass is 16.5. The SMILES string of the molecule is C/C=C/[C@@H](O)C[C@H](O)CC(=O)OC. The molecule has 0 amide bonds. The molecule has 0 aromatic heterocycles. The first-order chi connectivity index (χ1) is 6.10. The Morgan fingerprint density at radius 1 is 1.54 bits per heavy atom. The first kappa shape index (κ1) is 12.1.